The summed E-state index contributed by atoms with van der Waals surface area (Å²) in [5.41, 5.74) is 0.664. The monoisotopic (exact) mass is 238 g/mol. The molecule has 0 unspecified atom stereocenters. The maximum atomic E-state index is 7.19. The van der Waals surface area contributed by atoms with Gasteiger partial charge in [0.25, 0.3) is 0 Å². The second-order valence-electron chi connectivity index (χ2n) is 2.35. The van der Waals surface area contributed by atoms with Gasteiger partial charge in [-0.05, 0) is 19.1 Å². The van der Waals surface area contributed by atoms with E-state index in [9.17, 15) is 0 Å². The van der Waals surface area contributed by atoms with E-state index in [-0.39, 0.29) is 12.4 Å². The number of anilines is 1. The molecule has 72 valence electrons. The fourth-order valence-corrected chi connectivity index (χ4v) is 1.15. The highest BCUT2D eigenvalue weighted by atomic mass is 35.5. The van der Waals surface area contributed by atoms with E-state index in [1.807, 2.05) is 0 Å². The Hall–Kier alpha value is -0.440. The first-order valence-electron chi connectivity index (χ1n) is 3.37. The van der Waals surface area contributed by atoms with E-state index in [0.29, 0.717) is 21.6 Å². The maximum Gasteiger partial charge on any atom is 0.0944 e. The molecular formula is C8H9Cl3N2. The second-order valence-corrected chi connectivity index (χ2v) is 3.14. The molecule has 13 heavy (non-hydrogen) atoms. The summed E-state index contributed by atoms with van der Waals surface area (Å²) in [6, 6.07) is 5.25. The minimum absolute atomic E-state index is 0. The van der Waals surface area contributed by atoms with E-state index in [0.717, 1.165) is 0 Å². The molecule has 0 amide bonds. The summed E-state index contributed by atoms with van der Waals surface area (Å²) in [4.78, 5) is 0. The van der Waals surface area contributed by atoms with E-state index >= 15 is 0 Å². The number of rotatable bonds is 1. The molecule has 0 bridgehead atoms. The van der Waals surface area contributed by atoms with E-state index in [1.165, 1.54) is 0 Å². The molecule has 5 heteroatoms. The minimum Gasteiger partial charge on any atom is -0.343 e. The third kappa shape index (κ3) is 3.43. The molecule has 0 spiro atoms. The third-order valence-corrected chi connectivity index (χ3v) is 2.09. The van der Waals surface area contributed by atoms with Crippen LogP contribution in [0.15, 0.2) is 18.2 Å². The number of hydrogen-bond donors (Lipinski definition) is 2. The van der Waals surface area contributed by atoms with Crippen LogP contribution in [0, 0.1) is 5.41 Å². The van der Waals surface area contributed by atoms with Gasteiger partial charge in [0.2, 0.25) is 0 Å². The zero-order valence-electron chi connectivity index (χ0n) is 6.90. The summed E-state index contributed by atoms with van der Waals surface area (Å²) in [5, 5.41) is 10.9. The molecule has 0 saturated carbocycles. The smallest absolute Gasteiger partial charge is 0.0944 e. The first kappa shape index (κ1) is 12.6. The first-order valence-corrected chi connectivity index (χ1v) is 4.13. The molecule has 0 heterocycles. The lowest BCUT2D eigenvalue weighted by atomic mass is 10.3. The lowest BCUT2D eigenvalue weighted by Crippen LogP contribution is -2.05. The van der Waals surface area contributed by atoms with Crippen LogP contribution in [0.1, 0.15) is 6.92 Å². The van der Waals surface area contributed by atoms with Crippen LogP contribution in [0.2, 0.25) is 10.0 Å². The van der Waals surface area contributed by atoms with Gasteiger partial charge in [-0.2, -0.15) is 0 Å². The van der Waals surface area contributed by atoms with Crippen LogP contribution in [0.3, 0.4) is 0 Å². The van der Waals surface area contributed by atoms with Gasteiger partial charge in [0.15, 0.2) is 0 Å². The number of hydrogen-bond acceptors (Lipinski definition) is 1. The van der Waals surface area contributed by atoms with Crippen LogP contribution in [-0.2, 0) is 0 Å². The zero-order chi connectivity index (χ0) is 9.14. The van der Waals surface area contributed by atoms with Crippen LogP contribution in [0.5, 0.6) is 0 Å². The van der Waals surface area contributed by atoms with Crippen molar-refractivity contribution in [3.05, 3.63) is 28.2 Å². The van der Waals surface area contributed by atoms with Crippen LogP contribution in [-0.4, -0.2) is 5.84 Å². The Morgan fingerprint density at radius 1 is 1.38 bits per heavy atom. The van der Waals surface area contributed by atoms with Crippen molar-refractivity contribution in [2.24, 2.45) is 0 Å². The van der Waals surface area contributed by atoms with E-state index in [2.05, 4.69) is 5.32 Å². The predicted molar refractivity (Wildman–Crippen MR) is 60.7 cm³/mol. The molecule has 1 aromatic carbocycles. The van der Waals surface area contributed by atoms with Crippen molar-refractivity contribution < 1.29 is 0 Å². The molecular weight excluding hydrogens is 230 g/mol. The highest BCUT2D eigenvalue weighted by molar-refractivity contribution is 6.43. The van der Waals surface area contributed by atoms with Crippen LogP contribution in [0.4, 0.5) is 5.69 Å². The summed E-state index contributed by atoms with van der Waals surface area (Å²) in [6.45, 7) is 1.64. The quantitative estimate of drug-likeness (QED) is 0.567. The van der Waals surface area contributed by atoms with Crippen LogP contribution in [0.25, 0.3) is 0 Å². The van der Waals surface area contributed by atoms with Crippen molar-refractivity contribution in [1.29, 1.82) is 5.41 Å². The Morgan fingerprint density at radius 3 is 2.54 bits per heavy atom. The Morgan fingerprint density at radius 2 is 2.00 bits per heavy atom. The van der Waals surface area contributed by atoms with Gasteiger partial charge in [0.05, 0.1) is 21.6 Å². The van der Waals surface area contributed by atoms with Gasteiger partial charge in [-0.25, -0.2) is 0 Å². The Balaban J connectivity index is 0.00000144. The van der Waals surface area contributed by atoms with Gasteiger partial charge in [-0.1, -0.05) is 29.3 Å². The molecule has 0 aliphatic heterocycles. The average Bonchev–Trinajstić information content (AvgIpc) is 1.98. The number of amidine groups is 1. The largest absolute Gasteiger partial charge is 0.343 e. The van der Waals surface area contributed by atoms with Gasteiger partial charge < -0.3 is 5.32 Å². The number of halogens is 3. The minimum atomic E-state index is 0. The van der Waals surface area contributed by atoms with E-state index in [4.69, 9.17) is 28.6 Å². The molecule has 0 atom stereocenters. The topological polar surface area (TPSA) is 35.9 Å². The highest BCUT2D eigenvalue weighted by Gasteiger charge is 2.02. The lowest BCUT2D eigenvalue weighted by Gasteiger charge is -2.06. The predicted octanol–water partition coefficient (Wildman–Crippen LogP) is 3.82. The molecule has 0 radical (unpaired) electrons. The zero-order valence-corrected chi connectivity index (χ0v) is 9.22. The summed E-state index contributed by atoms with van der Waals surface area (Å²) in [5.74, 6) is 0.333. The Kier molecular flexibility index (Phi) is 5.14. The van der Waals surface area contributed by atoms with Crippen molar-refractivity contribution in [3.8, 4) is 0 Å². The molecule has 2 nitrogen and oxygen atoms in total. The standard InChI is InChI=1S/C8H8Cl2N2.ClH/c1-5(11)12-7-4-2-3-6(9)8(7)10;/h2-4H,1H3,(H2,11,12);1H. The molecule has 0 fully saturated rings. The molecule has 0 aliphatic rings. The maximum absolute atomic E-state index is 7.19. The molecule has 0 aliphatic carbocycles. The van der Waals surface area contributed by atoms with Crippen molar-refractivity contribution in [2.45, 2.75) is 6.92 Å². The van der Waals surface area contributed by atoms with Crippen LogP contribution >= 0.6 is 35.6 Å². The first-order chi connectivity index (χ1) is 5.61. The van der Waals surface area contributed by atoms with Crippen LogP contribution < -0.4 is 5.32 Å². The van der Waals surface area contributed by atoms with Gasteiger partial charge in [0, 0.05) is 0 Å². The fourth-order valence-electron chi connectivity index (χ4n) is 0.802. The lowest BCUT2D eigenvalue weighted by molar-refractivity contribution is 1.44. The molecule has 0 aromatic heterocycles. The third-order valence-electron chi connectivity index (χ3n) is 1.27. The highest BCUT2D eigenvalue weighted by Crippen LogP contribution is 2.29. The Labute approximate surface area is 93.2 Å². The number of benzene rings is 1. The van der Waals surface area contributed by atoms with E-state index < -0.39 is 0 Å². The molecule has 1 rings (SSSR count). The SMILES string of the molecule is CC(=N)Nc1cccc(Cl)c1Cl.Cl. The van der Waals surface area contributed by atoms with Crippen molar-refractivity contribution in [3.63, 3.8) is 0 Å². The molecule has 0 saturated heterocycles. The average molecular weight is 240 g/mol. The van der Waals surface area contributed by atoms with Gasteiger partial charge in [-0.3, -0.25) is 5.41 Å². The second kappa shape index (κ2) is 5.32. The fraction of sp³-hybridized carbons (Fsp3) is 0.125. The summed E-state index contributed by atoms with van der Waals surface area (Å²) in [7, 11) is 0. The molecule has 2 N–H and O–H groups in total. The summed E-state index contributed by atoms with van der Waals surface area (Å²) < 4.78 is 0. The summed E-state index contributed by atoms with van der Waals surface area (Å²) in [6.07, 6.45) is 0. The number of nitrogens with one attached hydrogen (secondary N) is 2. The molecule has 1 aromatic rings. The van der Waals surface area contributed by atoms with Gasteiger partial charge >= 0.3 is 0 Å². The van der Waals surface area contributed by atoms with Crippen molar-refractivity contribution in [2.75, 3.05) is 5.32 Å². The van der Waals surface area contributed by atoms with Crippen molar-refractivity contribution in [1.82, 2.24) is 0 Å². The van der Waals surface area contributed by atoms with Gasteiger partial charge in [0.1, 0.15) is 0 Å². The van der Waals surface area contributed by atoms with E-state index in [1.54, 1.807) is 25.1 Å². The normalized spacial score (nSPS) is 8.85. The van der Waals surface area contributed by atoms with Crippen molar-refractivity contribution >= 4 is 47.1 Å². The Bertz CT molecular complexity index is 312. The summed E-state index contributed by atoms with van der Waals surface area (Å²) >= 11 is 11.6. The van der Waals surface area contributed by atoms with Gasteiger partial charge in [-0.15, -0.1) is 12.4 Å².